The second-order valence-electron chi connectivity index (χ2n) is 3.91. The SMILES string of the molecule is [CH2]CCCCc1cc2ccccc2oc1=O. The molecular weight excluding hydrogens is 200 g/mol. The van der Waals surface area contributed by atoms with Crippen LogP contribution in [0.1, 0.15) is 24.8 Å². The van der Waals surface area contributed by atoms with E-state index in [2.05, 4.69) is 6.92 Å². The highest BCUT2D eigenvalue weighted by Crippen LogP contribution is 2.13. The molecule has 0 aliphatic heterocycles. The van der Waals surface area contributed by atoms with E-state index < -0.39 is 0 Å². The molecule has 0 saturated carbocycles. The number of rotatable bonds is 4. The number of para-hydroxylation sites is 1. The van der Waals surface area contributed by atoms with Gasteiger partial charge in [-0.2, -0.15) is 0 Å². The standard InChI is InChI=1S/C14H15O2/c1-2-3-4-8-12-10-11-7-5-6-9-13(11)16-14(12)15/h5-7,9-10H,1-4,8H2. The summed E-state index contributed by atoms with van der Waals surface area (Å²) in [5.74, 6) is 0. The number of hydrogen-bond donors (Lipinski definition) is 0. The normalized spacial score (nSPS) is 10.8. The summed E-state index contributed by atoms with van der Waals surface area (Å²) >= 11 is 0. The largest absolute Gasteiger partial charge is 0.423 e. The first-order valence-electron chi connectivity index (χ1n) is 5.62. The highest BCUT2D eigenvalue weighted by atomic mass is 16.4. The van der Waals surface area contributed by atoms with Crippen LogP contribution in [0.2, 0.25) is 0 Å². The van der Waals surface area contributed by atoms with Gasteiger partial charge >= 0.3 is 5.63 Å². The number of unbranched alkanes of at least 4 members (excludes halogenated alkanes) is 2. The van der Waals surface area contributed by atoms with Gasteiger partial charge < -0.3 is 4.42 Å². The first kappa shape index (κ1) is 10.9. The summed E-state index contributed by atoms with van der Waals surface area (Å²) in [6.07, 6.45) is 3.74. The van der Waals surface area contributed by atoms with Crippen LogP contribution in [0.15, 0.2) is 39.5 Å². The Morgan fingerprint density at radius 2 is 2.00 bits per heavy atom. The van der Waals surface area contributed by atoms with E-state index in [1.54, 1.807) is 0 Å². The topological polar surface area (TPSA) is 30.2 Å². The second kappa shape index (κ2) is 4.97. The lowest BCUT2D eigenvalue weighted by molar-refractivity contribution is 0.546. The smallest absolute Gasteiger partial charge is 0.339 e. The third kappa shape index (κ3) is 2.32. The quantitative estimate of drug-likeness (QED) is 0.578. The molecule has 2 rings (SSSR count). The molecule has 1 aromatic heterocycles. The Morgan fingerprint density at radius 3 is 2.81 bits per heavy atom. The van der Waals surface area contributed by atoms with Crippen LogP contribution in [0.3, 0.4) is 0 Å². The minimum absolute atomic E-state index is 0.206. The molecule has 83 valence electrons. The van der Waals surface area contributed by atoms with Crippen molar-refractivity contribution in [2.24, 2.45) is 0 Å². The first-order chi connectivity index (χ1) is 7.81. The van der Waals surface area contributed by atoms with Crippen molar-refractivity contribution in [1.29, 1.82) is 0 Å². The molecule has 0 N–H and O–H groups in total. The molecule has 1 radical (unpaired) electrons. The summed E-state index contributed by atoms with van der Waals surface area (Å²) in [6.45, 7) is 3.79. The highest BCUT2D eigenvalue weighted by molar-refractivity contribution is 5.76. The molecule has 1 aromatic carbocycles. The molecule has 0 aliphatic rings. The molecular formula is C14H15O2. The fourth-order valence-electron chi connectivity index (χ4n) is 1.77. The average Bonchev–Trinajstić information content (AvgIpc) is 2.30. The Hall–Kier alpha value is -1.57. The highest BCUT2D eigenvalue weighted by Gasteiger charge is 2.04. The van der Waals surface area contributed by atoms with Crippen molar-refractivity contribution in [2.45, 2.75) is 25.7 Å². The molecule has 2 aromatic rings. The van der Waals surface area contributed by atoms with Gasteiger partial charge in [0.25, 0.3) is 0 Å². The van der Waals surface area contributed by atoms with E-state index in [9.17, 15) is 4.79 Å². The Kier molecular flexibility index (Phi) is 3.40. The van der Waals surface area contributed by atoms with Gasteiger partial charge in [0.05, 0.1) is 0 Å². The van der Waals surface area contributed by atoms with Crippen LogP contribution in [0.5, 0.6) is 0 Å². The van der Waals surface area contributed by atoms with Gasteiger partial charge in [-0.3, -0.25) is 0 Å². The first-order valence-corrected chi connectivity index (χ1v) is 5.62. The van der Waals surface area contributed by atoms with Gasteiger partial charge in [0.2, 0.25) is 0 Å². The molecule has 0 atom stereocenters. The zero-order valence-corrected chi connectivity index (χ0v) is 9.24. The second-order valence-corrected chi connectivity index (χ2v) is 3.91. The molecule has 0 spiro atoms. The van der Waals surface area contributed by atoms with E-state index in [4.69, 9.17) is 4.42 Å². The molecule has 0 unspecified atom stereocenters. The summed E-state index contributed by atoms with van der Waals surface area (Å²) in [4.78, 5) is 11.6. The predicted molar refractivity (Wildman–Crippen MR) is 65.4 cm³/mol. The maximum Gasteiger partial charge on any atom is 0.339 e. The van der Waals surface area contributed by atoms with E-state index in [0.717, 1.165) is 36.6 Å². The third-order valence-electron chi connectivity index (χ3n) is 2.66. The van der Waals surface area contributed by atoms with Gasteiger partial charge in [-0.05, 0) is 25.0 Å². The van der Waals surface area contributed by atoms with Gasteiger partial charge in [-0.15, -0.1) is 0 Å². The maximum absolute atomic E-state index is 11.6. The fourth-order valence-corrected chi connectivity index (χ4v) is 1.77. The Bertz CT molecular complexity index is 525. The number of benzene rings is 1. The van der Waals surface area contributed by atoms with Gasteiger partial charge in [0.15, 0.2) is 0 Å². The van der Waals surface area contributed by atoms with Crippen molar-refractivity contribution in [3.63, 3.8) is 0 Å². The summed E-state index contributed by atoms with van der Waals surface area (Å²) in [6, 6.07) is 9.53. The average molecular weight is 215 g/mol. The minimum Gasteiger partial charge on any atom is -0.423 e. The minimum atomic E-state index is -0.206. The van der Waals surface area contributed by atoms with Crippen molar-refractivity contribution in [2.75, 3.05) is 0 Å². The monoisotopic (exact) mass is 215 g/mol. The number of fused-ring (bicyclic) bond motifs is 1. The van der Waals surface area contributed by atoms with Crippen molar-refractivity contribution in [3.8, 4) is 0 Å². The predicted octanol–water partition coefficient (Wildman–Crippen LogP) is 3.34. The molecule has 0 amide bonds. The summed E-state index contributed by atoms with van der Waals surface area (Å²) in [5.41, 5.74) is 1.23. The molecule has 0 aliphatic carbocycles. The lowest BCUT2D eigenvalue weighted by atomic mass is 10.1. The zero-order chi connectivity index (χ0) is 11.4. The molecule has 2 heteroatoms. The number of aryl methyl sites for hydroxylation is 1. The van der Waals surface area contributed by atoms with E-state index in [0.29, 0.717) is 5.58 Å². The summed E-state index contributed by atoms with van der Waals surface area (Å²) in [5, 5.41) is 0.992. The van der Waals surface area contributed by atoms with E-state index in [1.165, 1.54) is 0 Å². The Morgan fingerprint density at radius 1 is 1.19 bits per heavy atom. The van der Waals surface area contributed by atoms with Crippen molar-refractivity contribution in [3.05, 3.63) is 53.2 Å². The molecule has 16 heavy (non-hydrogen) atoms. The van der Waals surface area contributed by atoms with Crippen LogP contribution < -0.4 is 5.63 Å². The molecule has 0 saturated heterocycles. The van der Waals surface area contributed by atoms with Gasteiger partial charge in [0.1, 0.15) is 5.58 Å². The summed E-state index contributed by atoms with van der Waals surface area (Å²) in [7, 11) is 0. The van der Waals surface area contributed by atoms with Crippen LogP contribution in [0.4, 0.5) is 0 Å². The fraction of sp³-hybridized carbons (Fsp3) is 0.286. The lowest BCUT2D eigenvalue weighted by Crippen LogP contribution is -2.06. The Balaban J connectivity index is 2.31. The zero-order valence-electron chi connectivity index (χ0n) is 9.24. The summed E-state index contributed by atoms with van der Waals surface area (Å²) < 4.78 is 5.25. The third-order valence-corrected chi connectivity index (χ3v) is 2.66. The van der Waals surface area contributed by atoms with Crippen LogP contribution in [-0.2, 0) is 6.42 Å². The van der Waals surface area contributed by atoms with Crippen LogP contribution in [0, 0.1) is 6.92 Å². The van der Waals surface area contributed by atoms with Gasteiger partial charge in [-0.25, -0.2) is 4.79 Å². The molecule has 0 fully saturated rings. The van der Waals surface area contributed by atoms with E-state index >= 15 is 0 Å². The van der Waals surface area contributed by atoms with E-state index in [1.807, 2.05) is 30.3 Å². The lowest BCUT2D eigenvalue weighted by Gasteiger charge is -2.01. The molecule has 2 nitrogen and oxygen atoms in total. The van der Waals surface area contributed by atoms with Crippen LogP contribution in [0.25, 0.3) is 11.0 Å². The van der Waals surface area contributed by atoms with Crippen LogP contribution >= 0.6 is 0 Å². The Labute approximate surface area is 94.9 Å². The van der Waals surface area contributed by atoms with Gasteiger partial charge in [0, 0.05) is 10.9 Å². The number of hydrogen-bond acceptors (Lipinski definition) is 2. The van der Waals surface area contributed by atoms with Crippen molar-refractivity contribution >= 4 is 11.0 Å². The van der Waals surface area contributed by atoms with Crippen molar-refractivity contribution < 1.29 is 4.42 Å². The van der Waals surface area contributed by atoms with Crippen molar-refractivity contribution in [1.82, 2.24) is 0 Å². The molecule has 0 bridgehead atoms. The van der Waals surface area contributed by atoms with Gasteiger partial charge in [-0.1, -0.05) is 38.0 Å². The maximum atomic E-state index is 11.6. The van der Waals surface area contributed by atoms with Crippen LogP contribution in [-0.4, -0.2) is 0 Å². The molecule has 1 heterocycles. The van der Waals surface area contributed by atoms with E-state index in [-0.39, 0.29) is 5.63 Å².